The fraction of sp³-hybridized carbons (Fsp3) is 0.538. The summed E-state index contributed by atoms with van der Waals surface area (Å²) >= 11 is 0. The van der Waals surface area contributed by atoms with E-state index in [1.165, 1.54) is 5.56 Å². The molecule has 0 saturated heterocycles. The Labute approximate surface area is 91.3 Å². The lowest BCUT2D eigenvalue weighted by Gasteiger charge is -2.32. The molecule has 2 N–H and O–H groups in total. The molecule has 15 heavy (non-hydrogen) atoms. The summed E-state index contributed by atoms with van der Waals surface area (Å²) in [6.45, 7) is 5.40. The van der Waals surface area contributed by atoms with Gasteiger partial charge in [0.1, 0.15) is 5.75 Å². The van der Waals surface area contributed by atoms with Crippen molar-refractivity contribution in [3.05, 3.63) is 29.3 Å². The number of aromatic hydroxyl groups is 1. The molecule has 1 aromatic rings. The topological polar surface area (TPSA) is 32.3 Å². The van der Waals surface area contributed by atoms with Gasteiger partial charge in [0.05, 0.1) is 0 Å². The Bertz CT molecular complexity index is 348. The monoisotopic (exact) mass is 205 g/mol. The molecule has 82 valence electrons. The van der Waals surface area contributed by atoms with E-state index in [0.29, 0.717) is 17.7 Å². The smallest absolute Gasteiger partial charge is 0.119 e. The zero-order chi connectivity index (χ0) is 10.8. The maximum Gasteiger partial charge on any atom is 0.119 e. The van der Waals surface area contributed by atoms with Crippen LogP contribution in [0.1, 0.15) is 37.3 Å². The molecule has 0 heterocycles. The van der Waals surface area contributed by atoms with Crippen molar-refractivity contribution in [1.82, 2.24) is 5.32 Å². The van der Waals surface area contributed by atoms with Crippen LogP contribution in [0.25, 0.3) is 0 Å². The van der Waals surface area contributed by atoms with Crippen LogP contribution >= 0.6 is 0 Å². The van der Waals surface area contributed by atoms with Crippen molar-refractivity contribution in [2.75, 3.05) is 6.54 Å². The van der Waals surface area contributed by atoms with Crippen molar-refractivity contribution < 1.29 is 5.11 Å². The van der Waals surface area contributed by atoms with Crippen molar-refractivity contribution in [2.45, 2.75) is 38.6 Å². The van der Waals surface area contributed by atoms with Crippen molar-refractivity contribution in [3.63, 3.8) is 0 Å². The van der Waals surface area contributed by atoms with Gasteiger partial charge in [0, 0.05) is 6.04 Å². The molecule has 1 aliphatic carbocycles. The molecule has 2 nitrogen and oxygen atoms in total. The minimum absolute atomic E-state index is 0.467. The van der Waals surface area contributed by atoms with Crippen molar-refractivity contribution >= 4 is 0 Å². The summed E-state index contributed by atoms with van der Waals surface area (Å²) in [5.41, 5.74) is 2.46. The lowest BCUT2D eigenvalue weighted by atomic mass is 9.80. The summed E-state index contributed by atoms with van der Waals surface area (Å²) in [6.07, 6.45) is 2.11. The molecule has 0 bridgehead atoms. The first kappa shape index (κ1) is 10.5. The Balaban J connectivity index is 2.30. The number of nitrogens with one attached hydrogen (secondary N) is 1. The van der Waals surface area contributed by atoms with E-state index in [1.807, 2.05) is 6.07 Å². The quantitative estimate of drug-likeness (QED) is 0.777. The summed E-state index contributed by atoms with van der Waals surface area (Å²) in [5.74, 6) is 0.968. The summed E-state index contributed by atoms with van der Waals surface area (Å²) in [7, 11) is 0. The molecule has 0 saturated carbocycles. The summed E-state index contributed by atoms with van der Waals surface area (Å²) in [5, 5.41) is 13.3. The minimum Gasteiger partial charge on any atom is -0.508 e. The number of phenolic OH excluding ortho intramolecular Hbond substituents is 1. The van der Waals surface area contributed by atoms with Gasteiger partial charge in [-0.05, 0) is 42.5 Å². The zero-order valence-corrected chi connectivity index (χ0v) is 9.46. The van der Waals surface area contributed by atoms with Gasteiger partial charge in [-0.1, -0.05) is 26.0 Å². The number of phenols is 1. The lowest BCUT2D eigenvalue weighted by Crippen LogP contribution is -2.37. The normalized spacial score (nSPS) is 24.9. The van der Waals surface area contributed by atoms with Crippen molar-refractivity contribution in [1.29, 1.82) is 0 Å². The van der Waals surface area contributed by atoms with Gasteiger partial charge in [0.25, 0.3) is 0 Å². The SMILES string of the molecule is CCN[C@@H]1CCc2c(O)cccc2[C@@H]1C. The van der Waals surface area contributed by atoms with E-state index in [-0.39, 0.29) is 0 Å². The van der Waals surface area contributed by atoms with Crippen LogP contribution in [0.2, 0.25) is 0 Å². The van der Waals surface area contributed by atoms with E-state index in [0.717, 1.165) is 24.9 Å². The van der Waals surface area contributed by atoms with Crippen LogP contribution in [-0.4, -0.2) is 17.7 Å². The maximum absolute atomic E-state index is 9.77. The molecule has 0 aromatic heterocycles. The highest BCUT2D eigenvalue weighted by Crippen LogP contribution is 2.35. The molecule has 1 aliphatic rings. The van der Waals surface area contributed by atoms with Gasteiger partial charge in [-0.25, -0.2) is 0 Å². The third-order valence-corrected chi connectivity index (χ3v) is 3.45. The second kappa shape index (κ2) is 4.23. The van der Waals surface area contributed by atoms with Crippen molar-refractivity contribution in [3.8, 4) is 5.75 Å². The fourth-order valence-electron chi connectivity index (χ4n) is 2.60. The molecular formula is C13H19NO. The van der Waals surface area contributed by atoms with Gasteiger partial charge in [-0.3, -0.25) is 0 Å². The van der Waals surface area contributed by atoms with Crippen LogP contribution in [0.15, 0.2) is 18.2 Å². The number of likely N-dealkylation sites (N-methyl/N-ethyl adjacent to an activating group) is 1. The van der Waals surface area contributed by atoms with Gasteiger partial charge >= 0.3 is 0 Å². The van der Waals surface area contributed by atoms with Crippen LogP contribution in [0, 0.1) is 0 Å². The highest BCUT2D eigenvalue weighted by molar-refractivity contribution is 5.43. The van der Waals surface area contributed by atoms with Gasteiger partial charge < -0.3 is 10.4 Å². The van der Waals surface area contributed by atoms with E-state index in [2.05, 4.69) is 25.2 Å². The Morgan fingerprint density at radius 1 is 1.47 bits per heavy atom. The van der Waals surface area contributed by atoms with E-state index in [4.69, 9.17) is 0 Å². The summed E-state index contributed by atoms with van der Waals surface area (Å²) in [4.78, 5) is 0. The second-order valence-corrected chi connectivity index (χ2v) is 4.34. The number of hydrogen-bond donors (Lipinski definition) is 2. The van der Waals surface area contributed by atoms with E-state index in [1.54, 1.807) is 6.07 Å². The molecule has 2 heteroatoms. The fourth-order valence-corrected chi connectivity index (χ4v) is 2.60. The predicted molar refractivity (Wildman–Crippen MR) is 62.3 cm³/mol. The maximum atomic E-state index is 9.77. The first-order chi connectivity index (χ1) is 7.24. The molecule has 0 aliphatic heterocycles. The first-order valence-electron chi connectivity index (χ1n) is 5.78. The Morgan fingerprint density at radius 2 is 2.27 bits per heavy atom. The Hall–Kier alpha value is -1.02. The highest BCUT2D eigenvalue weighted by atomic mass is 16.3. The average Bonchev–Trinajstić information content (AvgIpc) is 2.23. The largest absolute Gasteiger partial charge is 0.508 e. The average molecular weight is 205 g/mol. The summed E-state index contributed by atoms with van der Waals surface area (Å²) < 4.78 is 0. The third-order valence-electron chi connectivity index (χ3n) is 3.45. The predicted octanol–water partition coefficient (Wildman–Crippen LogP) is 2.42. The van der Waals surface area contributed by atoms with Crippen LogP contribution in [-0.2, 0) is 6.42 Å². The number of fused-ring (bicyclic) bond motifs is 1. The van der Waals surface area contributed by atoms with Crippen LogP contribution in [0.3, 0.4) is 0 Å². The van der Waals surface area contributed by atoms with Gasteiger partial charge in [-0.15, -0.1) is 0 Å². The summed E-state index contributed by atoms with van der Waals surface area (Å²) in [6, 6.07) is 6.44. The van der Waals surface area contributed by atoms with E-state index < -0.39 is 0 Å². The molecule has 0 radical (unpaired) electrons. The number of hydrogen-bond acceptors (Lipinski definition) is 2. The molecule has 0 amide bonds. The second-order valence-electron chi connectivity index (χ2n) is 4.34. The molecule has 0 unspecified atom stereocenters. The molecule has 1 aromatic carbocycles. The van der Waals surface area contributed by atoms with E-state index in [9.17, 15) is 5.11 Å². The van der Waals surface area contributed by atoms with Gasteiger partial charge in [-0.2, -0.15) is 0 Å². The Kier molecular flexibility index (Phi) is 2.96. The molecule has 2 atom stereocenters. The lowest BCUT2D eigenvalue weighted by molar-refractivity contribution is 0.398. The Morgan fingerprint density at radius 3 is 3.00 bits per heavy atom. The highest BCUT2D eigenvalue weighted by Gasteiger charge is 2.26. The zero-order valence-electron chi connectivity index (χ0n) is 9.46. The number of rotatable bonds is 2. The van der Waals surface area contributed by atoms with Crippen LogP contribution in [0.5, 0.6) is 5.75 Å². The molecular weight excluding hydrogens is 186 g/mol. The van der Waals surface area contributed by atoms with Crippen LogP contribution < -0.4 is 5.32 Å². The number of benzene rings is 1. The minimum atomic E-state index is 0.467. The van der Waals surface area contributed by atoms with Gasteiger partial charge in [0.15, 0.2) is 0 Å². The molecule has 0 spiro atoms. The first-order valence-corrected chi connectivity index (χ1v) is 5.78. The van der Waals surface area contributed by atoms with Crippen molar-refractivity contribution in [2.24, 2.45) is 0 Å². The van der Waals surface area contributed by atoms with Gasteiger partial charge in [0.2, 0.25) is 0 Å². The van der Waals surface area contributed by atoms with Crippen LogP contribution in [0.4, 0.5) is 0 Å². The standard InChI is InChI=1S/C13H19NO/c1-3-14-12-8-7-11-10(9(12)2)5-4-6-13(11)15/h4-6,9,12,14-15H,3,7-8H2,1-2H3/t9-,12+/m0/s1. The molecule has 0 fully saturated rings. The molecule has 2 rings (SSSR count). The van der Waals surface area contributed by atoms with E-state index >= 15 is 0 Å². The third kappa shape index (κ3) is 1.86.